The molecule has 8 aromatic rings. The van der Waals surface area contributed by atoms with Gasteiger partial charge in [-0.3, -0.25) is 0 Å². The molecule has 0 bridgehead atoms. The Morgan fingerprint density at radius 2 is 0.864 bits per heavy atom. The zero-order valence-electron chi connectivity index (χ0n) is 51.2. The third-order valence-corrected chi connectivity index (χ3v) is 20.0. The van der Waals surface area contributed by atoms with Gasteiger partial charge in [0, 0.05) is 33.7 Å². The van der Waals surface area contributed by atoms with Crippen molar-refractivity contribution < 1.29 is 4.42 Å². The molecule has 416 valence electrons. The average Bonchev–Trinajstić information content (AvgIpc) is 4.21. The van der Waals surface area contributed by atoms with E-state index in [1.165, 1.54) is 202 Å². The maximum Gasteiger partial charge on any atom is 0.297 e. The predicted octanol–water partition coefficient (Wildman–Crippen LogP) is 20.8. The van der Waals surface area contributed by atoms with E-state index in [1.54, 1.807) is 0 Å². The zero-order chi connectivity index (χ0) is 56.3. The summed E-state index contributed by atoms with van der Waals surface area (Å²) < 4.78 is 7.63. The van der Waals surface area contributed by atoms with Gasteiger partial charge < -0.3 is 14.2 Å². The molecule has 3 nitrogen and oxygen atoms in total. The Morgan fingerprint density at radius 3 is 1.43 bits per heavy atom. The number of hydrogen-bond donors (Lipinski definition) is 0. The van der Waals surface area contributed by atoms with E-state index in [9.17, 15) is 0 Å². The van der Waals surface area contributed by atoms with Crippen LogP contribution in [0.5, 0.6) is 0 Å². The zero-order valence-corrected chi connectivity index (χ0v) is 51.2. The number of anilines is 6. The smallest absolute Gasteiger partial charge is 0.297 e. The Hall–Kier alpha value is -6.26. The third-order valence-electron chi connectivity index (χ3n) is 20.0. The first-order valence-electron chi connectivity index (χ1n) is 31.7. The standard InChI is InChI=1S/C77H89BN2O/c1-74(2,3)58-35-40-70-64(46-58)72-73(81-70)78-65-38-33-56(51-23-17-14-18-24-51)44-67(65)79(62-36-31-54(32-37-62)53-29-27-52(28-30-53)49-21-15-13-16-22-49)68-47-61(77(10,11)12)48-69(71(68)78)80(72)66-39-34-55(50-25-19-20-26-50)43-63(66)57-41-59(75(4,5)6)45-60(42-57)76(7,8)9/h27-51H,13-26H2,1-12H3. The predicted molar refractivity (Wildman–Crippen MR) is 349 cm³/mol. The largest absolute Gasteiger partial charge is 0.468 e. The summed E-state index contributed by atoms with van der Waals surface area (Å²) in [6.07, 6.45) is 18.3. The maximum absolute atomic E-state index is 7.63. The fraction of sp³-hybridized carbons (Fsp3) is 0.429. The quantitative estimate of drug-likeness (QED) is 0.148. The molecule has 13 rings (SSSR count). The summed E-state index contributed by atoms with van der Waals surface area (Å²) in [4.78, 5) is 5.37. The number of benzene rings is 7. The molecule has 3 heterocycles. The highest BCUT2D eigenvalue weighted by Gasteiger charge is 2.48. The van der Waals surface area contributed by atoms with E-state index in [4.69, 9.17) is 4.42 Å². The van der Waals surface area contributed by atoms with Gasteiger partial charge in [-0.2, -0.15) is 0 Å². The highest BCUT2D eigenvalue weighted by molar-refractivity contribution is 7.00. The first kappa shape index (κ1) is 54.0. The highest BCUT2D eigenvalue weighted by Crippen LogP contribution is 2.53. The van der Waals surface area contributed by atoms with Gasteiger partial charge in [0.1, 0.15) is 5.58 Å². The van der Waals surface area contributed by atoms with E-state index in [1.807, 2.05) is 0 Å². The summed E-state index contributed by atoms with van der Waals surface area (Å²) in [5.41, 5.74) is 26.6. The van der Waals surface area contributed by atoms with Gasteiger partial charge in [0.05, 0.1) is 17.0 Å². The molecule has 0 N–H and O–H groups in total. The molecule has 7 aromatic carbocycles. The van der Waals surface area contributed by atoms with E-state index in [0.29, 0.717) is 17.8 Å². The lowest BCUT2D eigenvalue weighted by molar-refractivity contribution is 0.443. The Bertz CT molecular complexity index is 3630. The monoisotopic (exact) mass is 1070 g/mol. The molecule has 0 atom stereocenters. The molecular formula is C77H89BN2O. The normalized spacial score (nSPS) is 17.5. The SMILES string of the molecule is CC(C)(C)c1cc(-c2cc(C3CCCC3)ccc2N2c3cc(C(C)(C)C)cc4c3B(c3ccc(C5CCCCC5)cc3N4c3ccc(-c4ccc(C5CCCCC5)cc4)cc3)c3oc4ccc(C(C)(C)C)cc4c32)cc(C(C)(C)C)c1. The lowest BCUT2D eigenvalue weighted by Crippen LogP contribution is -2.61. The second-order valence-corrected chi connectivity index (χ2v) is 29.8. The van der Waals surface area contributed by atoms with Gasteiger partial charge >= 0.3 is 0 Å². The number of rotatable bonds is 7. The Morgan fingerprint density at radius 1 is 0.383 bits per heavy atom. The van der Waals surface area contributed by atoms with Crippen molar-refractivity contribution in [3.05, 3.63) is 172 Å². The van der Waals surface area contributed by atoms with Crippen LogP contribution in [0.1, 0.15) is 230 Å². The maximum atomic E-state index is 7.63. The van der Waals surface area contributed by atoms with E-state index in [0.717, 1.165) is 11.2 Å². The van der Waals surface area contributed by atoms with Crippen molar-refractivity contribution in [3.8, 4) is 22.3 Å². The van der Waals surface area contributed by atoms with Crippen molar-refractivity contribution in [2.75, 3.05) is 9.80 Å². The van der Waals surface area contributed by atoms with Crippen LogP contribution in [0.4, 0.5) is 34.1 Å². The third kappa shape index (κ3) is 9.91. The van der Waals surface area contributed by atoms with Crippen molar-refractivity contribution in [2.45, 2.75) is 212 Å². The molecular weight excluding hydrogens is 980 g/mol. The van der Waals surface area contributed by atoms with E-state index in [-0.39, 0.29) is 28.4 Å². The van der Waals surface area contributed by atoms with Gasteiger partial charge in [0.2, 0.25) is 0 Å². The molecule has 3 fully saturated rings. The molecule has 0 amide bonds. The topological polar surface area (TPSA) is 19.6 Å². The number of furan rings is 1. The summed E-state index contributed by atoms with van der Waals surface area (Å²) in [5.74, 6) is 1.81. The van der Waals surface area contributed by atoms with Crippen molar-refractivity contribution >= 4 is 68.4 Å². The van der Waals surface area contributed by atoms with E-state index < -0.39 is 0 Å². The van der Waals surface area contributed by atoms with Crippen molar-refractivity contribution in [1.82, 2.24) is 0 Å². The van der Waals surface area contributed by atoms with Crippen LogP contribution < -0.4 is 26.4 Å². The van der Waals surface area contributed by atoms with Gasteiger partial charge in [0.15, 0.2) is 0 Å². The minimum Gasteiger partial charge on any atom is -0.468 e. The summed E-state index contributed by atoms with van der Waals surface area (Å²) in [6.45, 7) is 28.4. The Labute approximate surface area is 487 Å². The fourth-order valence-electron chi connectivity index (χ4n) is 14.9. The van der Waals surface area contributed by atoms with Gasteiger partial charge in [0.25, 0.3) is 6.71 Å². The Balaban J connectivity index is 1.09. The molecule has 0 unspecified atom stereocenters. The lowest BCUT2D eigenvalue weighted by atomic mass is 9.35. The number of hydrogen-bond acceptors (Lipinski definition) is 3. The molecule has 3 saturated carbocycles. The first-order valence-corrected chi connectivity index (χ1v) is 31.7. The van der Waals surface area contributed by atoms with Crippen LogP contribution >= 0.6 is 0 Å². The molecule has 0 radical (unpaired) electrons. The second-order valence-electron chi connectivity index (χ2n) is 29.8. The van der Waals surface area contributed by atoms with Crippen LogP contribution in [0, 0.1) is 0 Å². The van der Waals surface area contributed by atoms with Crippen LogP contribution in [0.15, 0.2) is 138 Å². The summed E-state index contributed by atoms with van der Waals surface area (Å²) in [7, 11) is 0. The average molecular weight is 1070 g/mol. The van der Waals surface area contributed by atoms with E-state index >= 15 is 0 Å². The molecule has 5 aliphatic rings. The second kappa shape index (κ2) is 20.3. The highest BCUT2D eigenvalue weighted by atomic mass is 16.3. The molecule has 3 aliphatic carbocycles. The molecule has 4 heteroatoms. The summed E-state index contributed by atoms with van der Waals surface area (Å²) >= 11 is 0. The van der Waals surface area contributed by atoms with Crippen LogP contribution in [-0.4, -0.2) is 6.71 Å². The first-order chi connectivity index (χ1) is 38.7. The fourth-order valence-corrected chi connectivity index (χ4v) is 14.9. The lowest BCUT2D eigenvalue weighted by Gasteiger charge is -2.44. The van der Waals surface area contributed by atoms with Gasteiger partial charge in [-0.25, -0.2) is 0 Å². The number of nitrogens with zero attached hydrogens (tertiary/aromatic N) is 2. The Kier molecular flexibility index (Phi) is 13.5. The van der Waals surface area contributed by atoms with Crippen molar-refractivity contribution in [1.29, 1.82) is 0 Å². The van der Waals surface area contributed by atoms with E-state index in [2.05, 4.69) is 226 Å². The van der Waals surface area contributed by atoms with Gasteiger partial charge in [-0.1, -0.05) is 213 Å². The van der Waals surface area contributed by atoms with Crippen LogP contribution in [0.25, 0.3) is 33.2 Å². The van der Waals surface area contributed by atoms with Crippen molar-refractivity contribution in [2.24, 2.45) is 0 Å². The summed E-state index contributed by atoms with van der Waals surface area (Å²) in [6, 6.07) is 54.2. The van der Waals surface area contributed by atoms with Crippen LogP contribution in [0.2, 0.25) is 0 Å². The van der Waals surface area contributed by atoms with Gasteiger partial charge in [-0.05, 0) is 199 Å². The van der Waals surface area contributed by atoms with Crippen LogP contribution in [0.3, 0.4) is 0 Å². The molecule has 2 aliphatic heterocycles. The molecule has 0 spiro atoms. The molecule has 0 saturated heterocycles. The minimum atomic E-state index is -0.161. The molecule has 81 heavy (non-hydrogen) atoms. The molecule has 1 aromatic heterocycles. The van der Waals surface area contributed by atoms with Crippen molar-refractivity contribution in [3.63, 3.8) is 0 Å². The number of fused-ring (bicyclic) bond motifs is 6. The minimum absolute atomic E-state index is 0.0416. The van der Waals surface area contributed by atoms with Gasteiger partial charge in [-0.15, -0.1) is 0 Å². The summed E-state index contributed by atoms with van der Waals surface area (Å²) in [5, 5.41) is 1.18. The van der Waals surface area contributed by atoms with Crippen LogP contribution in [-0.2, 0) is 21.7 Å².